The molecule has 5 nitrogen and oxygen atoms in total. The van der Waals surface area contributed by atoms with Gasteiger partial charge in [0.1, 0.15) is 17.3 Å². The van der Waals surface area contributed by atoms with Crippen molar-refractivity contribution >= 4 is 12.1 Å². The maximum Gasteiger partial charge on any atom is 0.573 e. The van der Waals surface area contributed by atoms with Crippen LogP contribution in [0.5, 0.6) is 5.75 Å². The summed E-state index contributed by atoms with van der Waals surface area (Å²) in [6, 6.07) is 2.28. The van der Waals surface area contributed by atoms with E-state index in [2.05, 4.69) is 9.72 Å². The van der Waals surface area contributed by atoms with E-state index in [0.29, 0.717) is 0 Å². The summed E-state index contributed by atoms with van der Waals surface area (Å²) in [6.45, 7) is 0. The van der Waals surface area contributed by atoms with Crippen molar-refractivity contribution < 1.29 is 22.7 Å². The SMILES string of the molecule is N#Cc1cc(C=O)nc(N)c1OC(F)(F)F. The predicted molar refractivity (Wildman–Crippen MR) is 45.4 cm³/mol. The third kappa shape index (κ3) is 2.60. The number of anilines is 1. The largest absolute Gasteiger partial charge is 0.573 e. The van der Waals surface area contributed by atoms with Crippen molar-refractivity contribution in [2.45, 2.75) is 6.36 Å². The van der Waals surface area contributed by atoms with Crippen molar-refractivity contribution in [3.63, 3.8) is 0 Å². The van der Waals surface area contributed by atoms with Gasteiger partial charge in [-0.25, -0.2) is 4.98 Å². The Balaban J connectivity index is 3.29. The van der Waals surface area contributed by atoms with Crippen LogP contribution in [0.25, 0.3) is 0 Å². The van der Waals surface area contributed by atoms with Crippen LogP contribution in [0.2, 0.25) is 0 Å². The molecule has 1 heterocycles. The first-order valence-electron chi connectivity index (χ1n) is 3.79. The van der Waals surface area contributed by atoms with E-state index < -0.39 is 23.5 Å². The molecule has 0 bridgehead atoms. The minimum absolute atomic E-state index is 0.247. The molecule has 0 atom stereocenters. The van der Waals surface area contributed by atoms with Crippen LogP contribution in [0.3, 0.4) is 0 Å². The second-order valence-electron chi connectivity index (χ2n) is 2.59. The van der Waals surface area contributed by atoms with Crippen LogP contribution in [0.15, 0.2) is 6.07 Å². The number of carbonyl (C=O) groups is 1. The molecule has 0 fully saturated rings. The van der Waals surface area contributed by atoms with E-state index in [1.807, 2.05) is 0 Å². The number of aromatic nitrogens is 1. The molecule has 1 aromatic rings. The molecule has 16 heavy (non-hydrogen) atoms. The van der Waals surface area contributed by atoms with Gasteiger partial charge in [-0.05, 0) is 6.07 Å². The van der Waals surface area contributed by atoms with Crippen molar-refractivity contribution in [3.8, 4) is 11.8 Å². The van der Waals surface area contributed by atoms with Crippen LogP contribution in [0.1, 0.15) is 16.1 Å². The Morgan fingerprint density at radius 1 is 1.56 bits per heavy atom. The summed E-state index contributed by atoms with van der Waals surface area (Å²) in [4.78, 5) is 13.7. The van der Waals surface area contributed by atoms with Gasteiger partial charge in [-0.3, -0.25) is 4.79 Å². The van der Waals surface area contributed by atoms with Gasteiger partial charge in [0.2, 0.25) is 0 Å². The molecule has 0 radical (unpaired) electrons. The van der Waals surface area contributed by atoms with E-state index in [-0.39, 0.29) is 12.0 Å². The highest BCUT2D eigenvalue weighted by Crippen LogP contribution is 2.30. The van der Waals surface area contributed by atoms with E-state index in [1.54, 1.807) is 0 Å². The van der Waals surface area contributed by atoms with Crippen molar-refractivity contribution in [2.75, 3.05) is 5.73 Å². The number of rotatable bonds is 2. The Kier molecular flexibility index (Phi) is 2.99. The number of hydrogen-bond donors (Lipinski definition) is 1. The molecular formula is C8H4F3N3O2. The number of nitrogen functional groups attached to an aromatic ring is 1. The molecule has 0 aliphatic heterocycles. The molecule has 0 amide bonds. The Morgan fingerprint density at radius 3 is 2.62 bits per heavy atom. The molecule has 2 N–H and O–H groups in total. The molecule has 0 aromatic carbocycles. The zero-order valence-electron chi connectivity index (χ0n) is 7.58. The van der Waals surface area contributed by atoms with Crippen LogP contribution in [-0.4, -0.2) is 17.6 Å². The molecule has 8 heteroatoms. The number of hydrogen-bond acceptors (Lipinski definition) is 5. The average Bonchev–Trinajstić information content (AvgIpc) is 2.19. The lowest BCUT2D eigenvalue weighted by Gasteiger charge is -2.11. The second kappa shape index (κ2) is 4.06. The fourth-order valence-corrected chi connectivity index (χ4v) is 0.940. The van der Waals surface area contributed by atoms with E-state index >= 15 is 0 Å². The Bertz CT molecular complexity index is 465. The minimum atomic E-state index is -4.98. The molecule has 1 aromatic heterocycles. The summed E-state index contributed by atoms with van der Waals surface area (Å²) in [5.74, 6) is -1.57. The average molecular weight is 231 g/mol. The monoisotopic (exact) mass is 231 g/mol. The van der Waals surface area contributed by atoms with Gasteiger partial charge in [0.15, 0.2) is 17.9 Å². The minimum Gasteiger partial charge on any atom is -0.400 e. The lowest BCUT2D eigenvalue weighted by molar-refractivity contribution is -0.274. The Morgan fingerprint density at radius 2 is 2.19 bits per heavy atom. The highest BCUT2D eigenvalue weighted by molar-refractivity contribution is 5.75. The number of nitrogens with zero attached hydrogens (tertiary/aromatic N) is 2. The fourth-order valence-electron chi connectivity index (χ4n) is 0.940. The molecule has 0 aliphatic rings. The van der Waals surface area contributed by atoms with Crippen LogP contribution < -0.4 is 10.5 Å². The number of pyridine rings is 1. The fraction of sp³-hybridized carbons (Fsp3) is 0.125. The lowest BCUT2D eigenvalue weighted by atomic mass is 10.2. The Labute approximate surface area is 87.3 Å². The maximum absolute atomic E-state index is 11.9. The number of aldehydes is 1. The second-order valence-corrected chi connectivity index (χ2v) is 2.59. The zero-order valence-corrected chi connectivity index (χ0v) is 7.58. The topological polar surface area (TPSA) is 89.0 Å². The van der Waals surface area contributed by atoms with Gasteiger partial charge in [-0.1, -0.05) is 0 Å². The van der Waals surface area contributed by atoms with Crippen LogP contribution in [0.4, 0.5) is 19.0 Å². The summed E-state index contributed by atoms with van der Waals surface area (Å²) >= 11 is 0. The first-order valence-corrected chi connectivity index (χ1v) is 3.79. The number of nitrogens with two attached hydrogens (primary N) is 1. The zero-order chi connectivity index (χ0) is 12.3. The summed E-state index contributed by atoms with van der Waals surface area (Å²) < 4.78 is 39.3. The van der Waals surface area contributed by atoms with Gasteiger partial charge >= 0.3 is 6.36 Å². The van der Waals surface area contributed by atoms with Crippen molar-refractivity contribution in [3.05, 3.63) is 17.3 Å². The summed E-state index contributed by atoms with van der Waals surface area (Å²) in [5, 5.41) is 8.56. The summed E-state index contributed by atoms with van der Waals surface area (Å²) in [6.07, 6.45) is -4.72. The first-order chi connectivity index (χ1) is 7.37. The van der Waals surface area contributed by atoms with Crippen molar-refractivity contribution in [1.29, 1.82) is 5.26 Å². The molecule has 1 rings (SSSR count). The van der Waals surface area contributed by atoms with Crippen LogP contribution in [-0.2, 0) is 0 Å². The van der Waals surface area contributed by atoms with Gasteiger partial charge < -0.3 is 10.5 Å². The first kappa shape index (κ1) is 11.8. The number of carbonyl (C=O) groups excluding carboxylic acids is 1. The van der Waals surface area contributed by atoms with E-state index in [4.69, 9.17) is 11.0 Å². The maximum atomic E-state index is 11.9. The van der Waals surface area contributed by atoms with E-state index in [0.717, 1.165) is 6.07 Å². The summed E-state index contributed by atoms with van der Waals surface area (Å²) in [7, 11) is 0. The van der Waals surface area contributed by atoms with E-state index in [1.165, 1.54) is 6.07 Å². The number of ether oxygens (including phenoxy) is 1. The molecule has 84 valence electrons. The Hall–Kier alpha value is -2.30. The highest BCUT2D eigenvalue weighted by atomic mass is 19.4. The molecule has 0 spiro atoms. The molecule has 0 saturated heterocycles. The van der Waals surface area contributed by atoms with Crippen molar-refractivity contribution in [1.82, 2.24) is 4.98 Å². The molecule has 0 unspecified atom stereocenters. The van der Waals surface area contributed by atoms with Gasteiger partial charge in [0.25, 0.3) is 0 Å². The van der Waals surface area contributed by atoms with Crippen LogP contribution in [0, 0.1) is 11.3 Å². The quantitative estimate of drug-likeness (QED) is 0.773. The predicted octanol–water partition coefficient (Wildman–Crippen LogP) is 1.25. The summed E-state index contributed by atoms with van der Waals surface area (Å²) in [5.41, 5.74) is 4.38. The van der Waals surface area contributed by atoms with Crippen molar-refractivity contribution in [2.24, 2.45) is 0 Å². The van der Waals surface area contributed by atoms with E-state index in [9.17, 15) is 18.0 Å². The normalized spacial score (nSPS) is 10.6. The smallest absolute Gasteiger partial charge is 0.400 e. The number of nitriles is 1. The number of halogens is 3. The highest BCUT2D eigenvalue weighted by Gasteiger charge is 2.33. The lowest BCUT2D eigenvalue weighted by Crippen LogP contribution is -2.19. The van der Waals surface area contributed by atoms with Gasteiger partial charge in [0.05, 0.1) is 0 Å². The van der Waals surface area contributed by atoms with Gasteiger partial charge in [-0.2, -0.15) is 5.26 Å². The molecule has 0 aliphatic carbocycles. The molecule has 0 saturated carbocycles. The van der Waals surface area contributed by atoms with Crippen LogP contribution >= 0.6 is 0 Å². The molecular weight excluding hydrogens is 227 g/mol. The van der Waals surface area contributed by atoms with Gasteiger partial charge in [0, 0.05) is 0 Å². The van der Waals surface area contributed by atoms with Gasteiger partial charge in [-0.15, -0.1) is 13.2 Å². The third-order valence-corrected chi connectivity index (χ3v) is 1.48. The third-order valence-electron chi connectivity index (χ3n) is 1.48. The standard InChI is InChI=1S/C8H4F3N3O2/c9-8(10,11)16-6-4(2-12)1-5(3-15)14-7(6)13/h1,3H,(H2,13,14). The number of alkyl halides is 3.